The molecule has 10 heteroatoms. The van der Waals surface area contributed by atoms with E-state index in [1.54, 1.807) is 35.6 Å². The van der Waals surface area contributed by atoms with E-state index < -0.39 is 37.0 Å². The number of urea groups is 1. The zero-order chi connectivity index (χ0) is 21.1. The van der Waals surface area contributed by atoms with E-state index in [9.17, 15) is 19.2 Å². The molecule has 3 N–H and O–H groups in total. The third-order valence-electron chi connectivity index (χ3n) is 3.60. The van der Waals surface area contributed by atoms with Gasteiger partial charge < -0.3 is 20.1 Å². The van der Waals surface area contributed by atoms with Crippen molar-refractivity contribution in [2.24, 2.45) is 0 Å². The number of imide groups is 1. The predicted molar refractivity (Wildman–Crippen MR) is 106 cm³/mol. The quantitative estimate of drug-likeness (QED) is 0.523. The summed E-state index contributed by atoms with van der Waals surface area (Å²) >= 11 is 1.57. The average molecular weight is 419 g/mol. The highest BCUT2D eigenvalue weighted by molar-refractivity contribution is 7.09. The van der Waals surface area contributed by atoms with Gasteiger partial charge in [-0.2, -0.15) is 0 Å². The Kier molecular flexibility index (Phi) is 8.64. The van der Waals surface area contributed by atoms with Gasteiger partial charge in [0.05, 0.1) is 7.11 Å². The van der Waals surface area contributed by atoms with Gasteiger partial charge in [-0.15, -0.1) is 11.3 Å². The van der Waals surface area contributed by atoms with Gasteiger partial charge in [-0.1, -0.05) is 6.07 Å². The molecule has 1 aromatic heterocycles. The van der Waals surface area contributed by atoms with E-state index in [0.717, 1.165) is 4.88 Å². The van der Waals surface area contributed by atoms with E-state index in [2.05, 4.69) is 16.0 Å². The van der Waals surface area contributed by atoms with Crippen LogP contribution in [0.4, 0.5) is 4.79 Å². The lowest BCUT2D eigenvalue weighted by Crippen LogP contribution is -2.42. The van der Waals surface area contributed by atoms with Crippen molar-refractivity contribution < 1.29 is 28.7 Å². The second kappa shape index (κ2) is 11.4. The number of carbonyl (C=O) groups excluding carboxylic acids is 4. The second-order valence-corrected chi connectivity index (χ2v) is 6.74. The van der Waals surface area contributed by atoms with Crippen LogP contribution in [0, 0.1) is 0 Å². The number of rotatable bonds is 9. The van der Waals surface area contributed by atoms with Gasteiger partial charge in [0.25, 0.3) is 11.8 Å². The molecule has 9 nitrogen and oxygen atoms in total. The Labute approximate surface area is 171 Å². The Morgan fingerprint density at radius 1 is 1.03 bits per heavy atom. The molecule has 29 heavy (non-hydrogen) atoms. The Balaban J connectivity index is 1.60. The van der Waals surface area contributed by atoms with Gasteiger partial charge in [0.15, 0.2) is 6.61 Å². The Morgan fingerprint density at radius 2 is 1.79 bits per heavy atom. The van der Waals surface area contributed by atoms with Gasteiger partial charge in [-0.3, -0.25) is 19.7 Å². The molecule has 0 aliphatic rings. The molecule has 0 unspecified atom stereocenters. The summed E-state index contributed by atoms with van der Waals surface area (Å²) in [5, 5.41) is 8.91. The van der Waals surface area contributed by atoms with Crippen LogP contribution in [-0.4, -0.2) is 50.6 Å². The van der Waals surface area contributed by atoms with E-state index in [-0.39, 0.29) is 0 Å². The minimum absolute atomic E-state index is 0.343. The van der Waals surface area contributed by atoms with Crippen molar-refractivity contribution in [1.82, 2.24) is 16.0 Å². The maximum atomic E-state index is 11.9. The van der Waals surface area contributed by atoms with Crippen molar-refractivity contribution in [2.45, 2.75) is 6.42 Å². The number of esters is 1. The maximum Gasteiger partial charge on any atom is 0.325 e. The van der Waals surface area contributed by atoms with Crippen molar-refractivity contribution in [3.63, 3.8) is 0 Å². The summed E-state index contributed by atoms with van der Waals surface area (Å²) in [7, 11) is 1.51. The number of thiophene rings is 1. The zero-order valence-electron chi connectivity index (χ0n) is 15.7. The molecule has 1 heterocycles. The van der Waals surface area contributed by atoms with Crippen molar-refractivity contribution in [2.75, 3.05) is 26.8 Å². The normalized spacial score (nSPS) is 9.97. The molecule has 2 aromatic rings. The first-order chi connectivity index (χ1) is 14.0. The Hall–Kier alpha value is -3.40. The molecule has 0 aliphatic carbocycles. The molecule has 0 atom stereocenters. The molecule has 0 bridgehead atoms. The number of carbonyl (C=O) groups is 4. The maximum absolute atomic E-state index is 11.9. The van der Waals surface area contributed by atoms with Crippen LogP contribution in [0.3, 0.4) is 0 Å². The average Bonchev–Trinajstić information content (AvgIpc) is 3.24. The minimum Gasteiger partial charge on any atom is -0.497 e. The fourth-order valence-corrected chi connectivity index (χ4v) is 2.86. The highest BCUT2D eigenvalue weighted by atomic mass is 32.1. The highest BCUT2D eigenvalue weighted by Gasteiger charge is 2.12. The smallest absolute Gasteiger partial charge is 0.325 e. The number of benzene rings is 1. The van der Waals surface area contributed by atoms with Crippen LogP contribution in [0.15, 0.2) is 41.8 Å². The van der Waals surface area contributed by atoms with Gasteiger partial charge in [-0.25, -0.2) is 4.79 Å². The first kappa shape index (κ1) is 21.9. The molecule has 0 radical (unpaired) electrons. The summed E-state index contributed by atoms with van der Waals surface area (Å²) in [6, 6.07) is 9.51. The van der Waals surface area contributed by atoms with E-state index >= 15 is 0 Å². The van der Waals surface area contributed by atoms with Crippen LogP contribution in [-0.2, 0) is 20.7 Å². The summed E-state index contributed by atoms with van der Waals surface area (Å²) in [5.41, 5.74) is 0.343. The Morgan fingerprint density at radius 3 is 2.45 bits per heavy atom. The highest BCUT2D eigenvalue weighted by Crippen LogP contribution is 2.11. The van der Waals surface area contributed by atoms with Crippen LogP contribution < -0.4 is 20.7 Å². The van der Waals surface area contributed by atoms with Crippen molar-refractivity contribution >= 4 is 35.2 Å². The SMILES string of the molecule is COc1ccc(C(=O)NCC(=O)OCC(=O)NC(=O)NCCc2cccs2)cc1. The molecule has 0 spiro atoms. The summed E-state index contributed by atoms with van der Waals surface area (Å²) in [4.78, 5) is 47.9. The predicted octanol–water partition coefficient (Wildman–Crippen LogP) is 1.10. The lowest BCUT2D eigenvalue weighted by Gasteiger charge is -2.08. The van der Waals surface area contributed by atoms with E-state index in [1.807, 2.05) is 17.5 Å². The topological polar surface area (TPSA) is 123 Å². The number of nitrogens with one attached hydrogen (secondary N) is 3. The molecular weight excluding hydrogens is 398 g/mol. The second-order valence-electron chi connectivity index (χ2n) is 5.71. The van der Waals surface area contributed by atoms with Crippen LogP contribution in [0.2, 0.25) is 0 Å². The zero-order valence-corrected chi connectivity index (χ0v) is 16.5. The van der Waals surface area contributed by atoms with Gasteiger partial charge in [0.2, 0.25) is 0 Å². The van der Waals surface area contributed by atoms with Crippen LogP contribution in [0.25, 0.3) is 0 Å². The van der Waals surface area contributed by atoms with Crippen LogP contribution in [0.1, 0.15) is 15.2 Å². The molecular formula is C19H21N3O6S. The summed E-state index contributed by atoms with van der Waals surface area (Å²) in [6.45, 7) is -0.669. The molecule has 0 aliphatic heterocycles. The molecule has 0 fully saturated rings. The van der Waals surface area contributed by atoms with Crippen LogP contribution >= 0.6 is 11.3 Å². The number of hydrogen-bond donors (Lipinski definition) is 3. The molecule has 154 valence electrons. The summed E-state index contributed by atoms with van der Waals surface area (Å²) in [6.07, 6.45) is 0.655. The first-order valence-corrected chi connectivity index (χ1v) is 9.54. The third-order valence-corrected chi connectivity index (χ3v) is 4.54. The third kappa shape index (κ3) is 8.01. The van der Waals surface area contributed by atoms with Gasteiger partial charge in [0.1, 0.15) is 12.3 Å². The fraction of sp³-hybridized carbons (Fsp3) is 0.263. The summed E-state index contributed by atoms with van der Waals surface area (Å²) < 4.78 is 9.72. The molecule has 4 amide bonds. The van der Waals surface area contributed by atoms with E-state index in [1.165, 1.54) is 7.11 Å². The number of ether oxygens (including phenoxy) is 2. The van der Waals surface area contributed by atoms with E-state index in [4.69, 9.17) is 9.47 Å². The van der Waals surface area contributed by atoms with E-state index in [0.29, 0.717) is 24.3 Å². The Bertz CT molecular complexity index is 836. The van der Waals surface area contributed by atoms with Gasteiger partial charge >= 0.3 is 12.0 Å². The number of amides is 4. The van der Waals surface area contributed by atoms with Crippen molar-refractivity contribution in [3.05, 3.63) is 52.2 Å². The fourth-order valence-electron chi connectivity index (χ4n) is 2.15. The van der Waals surface area contributed by atoms with Gasteiger partial charge in [-0.05, 0) is 42.1 Å². The number of methoxy groups -OCH3 is 1. The van der Waals surface area contributed by atoms with Crippen molar-refractivity contribution in [1.29, 1.82) is 0 Å². The first-order valence-electron chi connectivity index (χ1n) is 8.66. The van der Waals surface area contributed by atoms with Gasteiger partial charge in [0, 0.05) is 17.0 Å². The largest absolute Gasteiger partial charge is 0.497 e. The number of hydrogen-bond acceptors (Lipinski definition) is 7. The molecule has 2 rings (SSSR count). The standard InChI is InChI=1S/C19H21N3O6S/c1-27-14-6-4-13(5-7-14)18(25)21-11-17(24)28-12-16(23)22-19(26)20-9-8-15-3-2-10-29-15/h2-7,10H,8-9,11-12H2,1H3,(H,21,25)(H2,20,22,23,26). The molecule has 0 saturated heterocycles. The lowest BCUT2D eigenvalue weighted by molar-refractivity contribution is -0.147. The monoisotopic (exact) mass is 419 g/mol. The summed E-state index contributed by atoms with van der Waals surface area (Å²) in [5.74, 6) is -1.45. The van der Waals surface area contributed by atoms with Crippen LogP contribution in [0.5, 0.6) is 5.75 Å². The molecule has 0 saturated carbocycles. The molecule has 1 aromatic carbocycles. The minimum atomic E-state index is -0.805. The lowest BCUT2D eigenvalue weighted by atomic mass is 10.2. The van der Waals surface area contributed by atoms with Crippen molar-refractivity contribution in [3.8, 4) is 5.75 Å².